The zero-order chi connectivity index (χ0) is 13.3. The van der Waals surface area contributed by atoms with Crippen LogP contribution in [-0.2, 0) is 11.3 Å². The summed E-state index contributed by atoms with van der Waals surface area (Å²) in [7, 11) is 1.81. The standard InChI is InChI=1S/C15H18ClNOS/c1-18-15(7-4-8-15)10-17-9-13-14(16)11-5-2-3-6-12(11)19-13/h2-3,5-6,17H,4,7-10H2,1H3. The molecule has 0 spiro atoms. The van der Waals surface area contributed by atoms with E-state index in [1.54, 1.807) is 11.3 Å². The quantitative estimate of drug-likeness (QED) is 0.892. The lowest BCUT2D eigenvalue weighted by Crippen LogP contribution is -2.47. The molecule has 0 amide bonds. The summed E-state index contributed by atoms with van der Waals surface area (Å²) in [6.45, 7) is 1.73. The molecule has 1 saturated carbocycles. The Labute approximate surface area is 122 Å². The molecule has 0 atom stereocenters. The minimum Gasteiger partial charge on any atom is -0.377 e. The van der Waals surface area contributed by atoms with Gasteiger partial charge in [-0.3, -0.25) is 0 Å². The number of ether oxygens (including phenoxy) is 1. The van der Waals surface area contributed by atoms with Gasteiger partial charge in [0, 0.05) is 35.2 Å². The Morgan fingerprint density at radius 1 is 1.37 bits per heavy atom. The van der Waals surface area contributed by atoms with Gasteiger partial charge >= 0.3 is 0 Å². The van der Waals surface area contributed by atoms with Gasteiger partial charge in [0.25, 0.3) is 0 Å². The number of hydrogen-bond acceptors (Lipinski definition) is 3. The molecule has 3 rings (SSSR count). The van der Waals surface area contributed by atoms with Crippen LogP contribution in [0.1, 0.15) is 24.1 Å². The van der Waals surface area contributed by atoms with Crippen molar-refractivity contribution in [2.45, 2.75) is 31.4 Å². The lowest BCUT2D eigenvalue weighted by Gasteiger charge is -2.40. The number of benzene rings is 1. The normalized spacial score (nSPS) is 17.6. The summed E-state index contributed by atoms with van der Waals surface area (Å²) in [5.74, 6) is 0. The van der Waals surface area contributed by atoms with Crippen molar-refractivity contribution in [1.82, 2.24) is 5.32 Å². The maximum atomic E-state index is 6.43. The predicted octanol–water partition coefficient (Wildman–Crippen LogP) is 4.21. The molecule has 102 valence electrons. The molecule has 2 nitrogen and oxygen atoms in total. The van der Waals surface area contributed by atoms with Gasteiger partial charge in [-0.25, -0.2) is 0 Å². The van der Waals surface area contributed by atoms with Crippen LogP contribution in [0.5, 0.6) is 0 Å². The predicted molar refractivity (Wildman–Crippen MR) is 82.1 cm³/mol. The maximum absolute atomic E-state index is 6.43. The molecule has 2 aromatic rings. The topological polar surface area (TPSA) is 21.3 Å². The van der Waals surface area contributed by atoms with Crippen molar-refractivity contribution in [3.8, 4) is 0 Å². The summed E-state index contributed by atoms with van der Waals surface area (Å²) >= 11 is 8.20. The molecule has 1 aliphatic rings. The Hall–Kier alpha value is -0.610. The zero-order valence-corrected chi connectivity index (χ0v) is 12.6. The fraction of sp³-hybridized carbons (Fsp3) is 0.467. The molecular weight excluding hydrogens is 278 g/mol. The van der Waals surface area contributed by atoms with Crippen LogP contribution in [0.4, 0.5) is 0 Å². The van der Waals surface area contributed by atoms with E-state index in [0.717, 1.165) is 36.3 Å². The van der Waals surface area contributed by atoms with Gasteiger partial charge in [-0.05, 0) is 25.3 Å². The summed E-state index contributed by atoms with van der Waals surface area (Å²) in [5.41, 5.74) is 0.0726. The molecule has 1 heterocycles. The molecule has 0 bridgehead atoms. The average molecular weight is 296 g/mol. The van der Waals surface area contributed by atoms with E-state index in [2.05, 4.69) is 23.5 Å². The van der Waals surface area contributed by atoms with E-state index in [9.17, 15) is 0 Å². The van der Waals surface area contributed by atoms with Crippen LogP contribution in [-0.4, -0.2) is 19.3 Å². The van der Waals surface area contributed by atoms with Crippen LogP contribution >= 0.6 is 22.9 Å². The Bertz CT molecular complexity index is 571. The molecular formula is C15H18ClNOS. The van der Waals surface area contributed by atoms with Crippen molar-refractivity contribution in [1.29, 1.82) is 0 Å². The summed E-state index contributed by atoms with van der Waals surface area (Å²) in [4.78, 5) is 1.22. The second-order valence-electron chi connectivity index (χ2n) is 5.18. The number of thiophene rings is 1. The fourth-order valence-corrected chi connectivity index (χ4v) is 4.08. The van der Waals surface area contributed by atoms with Gasteiger partial charge in [-0.15, -0.1) is 11.3 Å². The maximum Gasteiger partial charge on any atom is 0.0802 e. The highest BCUT2D eigenvalue weighted by Crippen LogP contribution is 2.36. The second kappa shape index (κ2) is 5.41. The van der Waals surface area contributed by atoms with Crippen molar-refractivity contribution in [2.24, 2.45) is 0 Å². The van der Waals surface area contributed by atoms with E-state index in [0.29, 0.717) is 0 Å². The minimum absolute atomic E-state index is 0.0726. The van der Waals surface area contributed by atoms with Crippen molar-refractivity contribution >= 4 is 33.0 Å². The Morgan fingerprint density at radius 2 is 2.16 bits per heavy atom. The second-order valence-corrected chi connectivity index (χ2v) is 6.69. The molecule has 1 aromatic carbocycles. The summed E-state index contributed by atoms with van der Waals surface area (Å²) in [6.07, 6.45) is 3.60. The number of rotatable bonds is 5. The first-order chi connectivity index (χ1) is 9.24. The van der Waals surface area contributed by atoms with E-state index in [4.69, 9.17) is 16.3 Å². The fourth-order valence-electron chi connectivity index (χ4n) is 2.61. The summed E-state index contributed by atoms with van der Waals surface area (Å²) in [6, 6.07) is 8.30. The van der Waals surface area contributed by atoms with Gasteiger partial charge in [-0.1, -0.05) is 29.8 Å². The molecule has 0 aliphatic heterocycles. The zero-order valence-electron chi connectivity index (χ0n) is 11.0. The lowest BCUT2D eigenvalue weighted by molar-refractivity contribution is -0.0695. The van der Waals surface area contributed by atoms with Crippen LogP contribution in [0.15, 0.2) is 24.3 Å². The lowest BCUT2D eigenvalue weighted by atomic mass is 9.80. The van der Waals surface area contributed by atoms with Gasteiger partial charge in [-0.2, -0.15) is 0 Å². The van der Waals surface area contributed by atoms with Crippen LogP contribution in [0.3, 0.4) is 0 Å². The first-order valence-electron chi connectivity index (χ1n) is 6.66. The molecule has 1 aliphatic carbocycles. The number of methoxy groups -OCH3 is 1. The molecule has 19 heavy (non-hydrogen) atoms. The Kier molecular flexibility index (Phi) is 3.81. The number of halogens is 1. The molecule has 0 saturated heterocycles. The van der Waals surface area contributed by atoms with Crippen molar-refractivity contribution in [2.75, 3.05) is 13.7 Å². The number of nitrogens with one attached hydrogen (secondary N) is 1. The van der Waals surface area contributed by atoms with Crippen molar-refractivity contribution in [3.05, 3.63) is 34.2 Å². The monoisotopic (exact) mass is 295 g/mol. The third-order valence-corrected chi connectivity index (χ3v) is 5.75. The number of fused-ring (bicyclic) bond motifs is 1. The van der Waals surface area contributed by atoms with E-state index in [1.165, 1.54) is 16.0 Å². The van der Waals surface area contributed by atoms with Crippen LogP contribution in [0.2, 0.25) is 5.02 Å². The number of hydrogen-bond donors (Lipinski definition) is 1. The Balaban J connectivity index is 1.67. The van der Waals surface area contributed by atoms with Crippen LogP contribution in [0.25, 0.3) is 10.1 Å². The molecule has 0 radical (unpaired) electrons. The molecule has 1 N–H and O–H groups in total. The summed E-state index contributed by atoms with van der Waals surface area (Å²) < 4.78 is 6.87. The van der Waals surface area contributed by atoms with Crippen LogP contribution < -0.4 is 5.32 Å². The van der Waals surface area contributed by atoms with E-state index in [-0.39, 0.29) is 5.60 Å². The minimum atomic E-state index is 0.0726. The summed E-state index contributed by atoms with van der Waals surface area (Å²) in [5, 5.41) is 5.56. The van der Waals surface area contributed by atoms with Crippen molar-refractivity contribution < 1.29 is 4.74 Å². The molecule has 0 unspecified atom stereocenters. The van der Waals surface area contributed by atoms with E-state index < -0.39 is 0 Å². The average Bonchev–Trinajstić information content (AvgIpc) is 2.70. The molecule has 4 heteroatoms. The SMILES string of the molecule is COC1(CNCc2sc3ccccc3c2Cl)CCC1. The van der Waals surface area contributed by atoms with Gasteiger partial charge in [0.15, 0.2) is 0 Å². The van der Waals surface area contributed by atoms with E-state index in [1.807, 2.05) is 13.2 Å². The highest BCUT2D eigenvalue weighted by molar-refractivity contribution is 7.19. The van der Waals surface area contributed by atoms with E-state index >= 15 is 0 Å². The van der Waals surface area contributed by atoms with Gasteiger partial charge < -0.3 is 10.1 Å². The van der Waals surface area contributed by atoms with Crippen LogP contribution in [0, 0.1) is 0 Å². The van der Waals surface area contributed by atoms with Crippen molar-refractivity contribution in [3.63, 3.8) is 0 Å². The highest BCUT2D eigenvalue weighted by atomic mass is 35.5. The third kappa shape index (κ3) is 2.52. The van der Waals surface area contributed by atoms with Gasteiger partial charge in [0.2, 0.25) is 0 Å². The largest absolute Gasteiger partial charge is 0.377 e. The first-order valence-corrected chi connectivity index (χ1v) is 7.85. The Morgan fingerprint density at radius 3 is 2.79 bits per heavy atom. The van der Waals surface area contributed by atoms with Gasteiger partial charge in [0.1, 0.15) is 0 Å². The van der Waals surface area contributed by atoms with Gasteiger partial charge in [0.05, 0.1) is 10.6 Å². The smallest absolute Gasteiger partial charge is 0.0802 e. The highest BCUT2D eigenvalue weighted by Gasteiger charge is 2.36. The first kappa shape index (κ1) is 13.4. The third-order valence-electron chi connectivity index (χ3n) is 4.03. The molecule has 1 fully saturated rings. The molecule has 1 aromatic heterocycles.